The van der Waals surface area contributed by atoms with Crippen molar-refractivity contribution in [2.45, 2.75) is 39.8 Å². The van der Waals surface area contributed by atoms with Gasteiger partial charge in [-0.1, -0.05) is 54.6 Å². The zero-order valence-corrected chi connectivity index (χ0v) is 17.4. The van der Waals surface area contributed by atoms with Gasteiger partial charge in [-0.25, -0.2) is 4.98 Å². The van der Waals surface area contributed by atoms with Gasteiger partial charge in [-0.05, 0) is 51.0 Å². The lowest BCUT2D eigenvalue weighted by Crippen LogP contribution is -2.27. The van der Waals surface area contributed by atoms with E-state index in [2.05, 4.69) is 73.8 Å². The normalized spacial score (nSPS) is 11.6. The Morgan fingerprint density at radius 1 is 0.931 bits per heavy atom. The molecule has 0 atom stereocenters. The minimum atomic E-state index is -0.103. The molecule has 0 saturated heterocycles. The van der Waals surface area contributed by atoms with Gasteiger partial charge in [-0.3, -0.25) is 4.40 Å². The van der Waals surface area contributed by atoms with E-state index in [1.165, 1.54) is 5.56 Å². The number of pyridine rings is 1. The van der Waals surface area contributed by atoms with Crippen LogP contribution in [0.4, 0.5) is 5.82 Å². The van der Waals surface area contributed by atoms with Crippen molar-refractivity contribution < 1.29 is 4.74 Å². The molecule has 4 rings (SSSR count). The Morgan fingerprint density at radius 3 is 2.38 bits per heavy atom. The van der Waals surface area contributed by atoms with Gasteiger partial charge in [0.1, 0.15) is 18.1 Å². The fourth-order valence-corrected chi connectivity index (χ4v) is 3.39. The van der Waals surface area contributed by atoms with Gasteiger partial charge in [-0.2, -0.15) is 0 Å². The molecule has 2 aromatic heterocycles. The lowest BCUT2D eigenvalue weighted by atomic mass is 10.0. The second kappa shape index (κ2) is 7.63. The van der Waals surface area contributed by atoms with Crippen molar-refractivity contribution >= 4 is 11.5 Å². The molecule has 4 nitrogen and oxygen atoms in total. The first-order valence-electron chi connectivity index (χ1n) is 9.94. The van der Waals surface area contributed by atoms with E-state index in [1.54, 1.807) is 0 Å². The second-order valence-corrected chi connectivity index (χ2v) is 8.34. The molecular formula is C25H27N3O. The van der Waals surface area contributed by atoms with E-state index in [4.69, 9.17) is 9.72 Å². The van der Waals surface area contributed by atoms with E-state index in [9.17, 15) is 0 Å². The van der Waals surface area contributed by atoms with Crippen LogP contribution >= 0.6 is 0 Å². The monoisotopic (exact) mass is 385 g/mol. The highest BCUT2D eigenvalue weighted by molar-refractivity contribution is 5.80. The van der Waals surface area contributed by atoms with Crippen LogP contribution in [0.15, 0.2) is 72.9 Å². The van der Waals surface area contributed by atoms with Crippen LogP contribution in [0.5, 0.6) is 5.75 Å². The molecule has 1 N–H and O–H groups in total. The molecule has 0 unspecified atom stereocenters. The SMILES string of the molecule is Cc1ccccc1-c1nc2c(OCc3ccccc3)cccn2c1NC(C)(C)C. The average molecular weight is 386 g/mol. The maximum atomic E-state index is 6.16. The van der Waals surface area contributed by atoms with Gasteiger partial charge in [0.05, 0.1) is 0 Å². The highest BCUT2D eigenvalue weighted by atomic mass is 16.5. The molecule has 0 saturated carbocycles. The average Bonchev–Trinajstić information content (AvgIpc) is 3.05. The van der Waals surface area contributed by atoms with Crippen molar-refractivity contribution in [3.05, 3.63) is 84.1 Å². The van der Waals surface area contributed by atoms with Crippen molar-refractivity contribution in [2.75, 3.05) is 5.32 Å². The van der Waals surface area contributed by atoms with Crippen LogP contribution in [0.2, 0.25) is 0 Å². The molecule has 148 valence electrons. The Labute approximate surface area is 172 Å². The number of benzene rings is 2. The van der Waals surface area contributed by atoms with E-state index in [0.29, 0.717) is 6.61 Å². The molecular weight excluding hydrogens is 358 g/mol. The van der Waals surface area contributed by atoms with Crippen LogP contribution in [0.3, 0.4) is 0 Å². The van der Waals surface area contributed by atoms with E-state index in [-0.39, 0.29) is 5.54 Å². The van der Waals surface area contributed by atoms with Crippen molar-refractivity contribution in [2.24, 2.45) is 0 Å². The number of ether oxygens (including phenoxy) is 1. The minimum Gasteiger partial charge on any atom is -0.485 e. The molecule has 0 aliphatic heterocycles. The maximum Gasteiger partial charge on any atom is 0.181 e. The largest absolute Gasteiger partial charge is 0.485 e. The van der Waals surface area contributed by atoms with Gasteiger partial charge in [0.15, 0.2) is 11.4 Å². The second-order valence-electron chi connectivity index (χ2n) is 8.34. The summed E-state index contributed by atoms with van der Waals surface area (Å²) in [4.78, 5) is 5.02. The first kappa shape index (κ1) is 19.1. The molecule has 0 aliphatic rings. The minimum absolute atomic E-state index is 0.103. The Balaban J connectivity index is 1.82. The highest BCUT2D eigenvalue weighted by Gasteiger charge is 2.21. The predicted octanol–water partition coefficient (Wildman–Crippen LogP) is 6.10. The van der Waals surface area contributed by atoms with Gasteiger partial charge in [-0.15, -0.1) is 0 Å². The van der Waals surface area contributed by atoms with E-state index in [1.807, 2.05) is 36.5 Å². The summed E-state index contributed by atoms with van der Waals surface area (Å²) < 4.78 is 8.25. The third-order valence-electron chi connectivity index (χ3n) is 4.74. The number of aromatic nitrogens is 2. The molecule has 4 heteroatoms. The zero-order valence-electron chi connectivity index (χ0n) is 17.4. The number of imidazole rings is 1. The number of nitrogens with one attached hydrogen (secondary N) is 1. The summed E-state index contributed by atoms with van der Waals surface area (Å²) in [5.41, 5.74) is 5.10. The molecule has 0 radical (unpaired) electrons. The quantitative estimate of drug-likeness (QED) is 0.451. The van der Waals surface area contributed by atoms with Crippen LogP contribution in [0.25, 0.3) is 16.9 Å². The predicted molar refractivity (Wildman–Crippen MR) is 120 cm³/mol. The number of hydrogen-bond donors (Lipinski definition) is 1. The summed E-state index contributed by atoms with van der Waals surface area (Å²) in [6, 6.07) is 22.5. The molecule has 2 aromatic carbocycles. The van der Waals surface area contributed by atoms with Crippen LogP contribution < -0.4 is 10.1 Å². The van der Waals surface area contributed by atoms with Crippen LogP contribution in [0.1, 0.15) is 31.9 Å². The summed E-state index contributed by atoms with van der Waals surface area (Å²) in [6.07, 6.45) is 2.04. The lowest BCUT2D eigenvalue weighted by molar-refractivity contribution is 0.308. The molecule has 0 spiro atoms. The van der Waals surface area contributed by atoms with Crippen molar-refractivity contribution in [1.29, 1.82) is 0 Å². The Bertz CT molecular complexity index is 1120. The standard InChI is InChI=1S/C25H27N3O/c1-18-11-8-9-14-20(18)22-24(27-25(2,3)4)28-16-10-15-21(23(28)26-22)29-17-19-12-6-5-7-13-19/h5-16,27H,17H2,1-4H3. The van der Waals surface area contributed by atoms with Gasteiger partial charge in [0.25, 0.3) is 0 Å². The van der Waals surface area contributed by atoms with E-state index in [0.717, 1.165) is 34.0 Å². The van der Waals surface area contributed by atoms with Gasteiger partial charge in [0, 0.05) is 17.3 Å². The molecule has 0 aliphatic carbocycles. The third kappa shape index (κ3) is 4.11. The fourth-order valence-electron chi connectivity index (χ4n) is 3.39. The summed E-state index contributed by atoms with van der Waals surface area (Å²) in [5.74, 6) is 1.75. The first-order valence-corrected chi connectivity index (χ1v) is 9.94. The summed E-state index contributed by atoms with van der Waals surface area (Å²) in [5, 5.41) is 3.64. The lowest BCUT2D eigenvalue weighted by Gasteiger charge is -2.23. The number of rotatable bonds is 5. The Hall–Kier alpha value is -3.27. The molecule has 0 amide bonds. The van der Waals surface area contributed by atoms with Crippen LogP contribution in [0, 0.1) is 6.92 Å². The fraction of sp³-hybridized carbons (Fsp3) is 0.240. The molecule has 29 heavy (non-hydrogen) atoms. The summed E-state index contributed by atoms with van der Waals surface area (Å²) in [6.45, 7) is 9.10. The zero-order chi connectivity index (χ0) is 20.4. The Morgan fingerprint density at radius 2 is 1.66 bits per heavy atom. The van der Waals surface area contributed by atoms with Gasteiger partial charge >= 0.3 is 0 Å². The summed E-state index contributed by atoms with van der Waals surface area (Å²) in [7, 11) is 0. The van der Waals surface area contributed by atoms with Crippen LogP contribution in [-0.4, -0.2) is 14.9 Å². The molecule has 0 bridgehead atoms. The van der Waals surface area contributed by atoms with Crippen molar-refractivity contribution in [3.63, 3.8) is 0 Å². The van der Waals surface area contributed by atoms with Crippen molar-refractivity contribution in [1.82, 2.24) is 9.38 Å². The Kier molecular flexibility index (Phi) is 5.01. The summed E-state index contributed by atoms with van der Waals surface area (Å²) >= 11 is 0. The van der Waals surface area contributed by atoms with Crippen LogP contribution in [-0.2, 0) is 6.61 Å². The molecule has 0 fully saturated rings. The molecule has 2 heterocycles. The third-order valence-corrected chi connectivity index (χ3v) is 4.74. The molecule has 4 aromatic rings. The smallest absolute Gasteiger partial charge is 0.181 e. The van der Waals surface area contributed by atoms with Gasteiger partial charge in [0.2, 0.25) is 0 Å². The van der Waals surface area contributed by atoms with Gasteiger partial charge < -0.3 is 10.1 Å². The first-order chi connectivity index (χ1) is 13.9. The highest BCUT2D eigenvalue weighted by Crippen LogP contribution is 2.35. The van der Waals surface area contributed by atoms with E-state index >= 15 is 0 Å². The number of aryl methyl sites for hydroxylation is 1. The number of hydrogen-bond acceptors (Lipinski definition) is 3. The van der Waals surface area contributed by atoms with Crippen molar-refractivity contribution in [3.8, 4) is 17.0 Å². The topological polar surface area (TPSA) is 38.6 Å². The maximum absolute atomic E-state index is 6.16. The number of fused-ring (bicyclic) bond motifs is 1. The number of nitrogens with zero attached hydrogens (tertiary/aromatic N) is 2. The number of anilines is 1. The van der Waals surface area contributed by atoms with E-state index < -0.39 is 0 Å².